The fourth-order valence-electron chi connectivity index (χ4n) is 1.21. The molecule has 0 spiro atoms. The van der Waals surface area contributed by atoms with E-state index in [1.165, 1.54) is 0 Å². The van der Waals surface area contributed by atoms with Gasteiger partial charge in [0.1, 0.15) is 12.4 Å². The van der Waals surface area contributed by atoms with Crippen LogP contribution in [0.4, 0.5) is 5.82 Å². The Morgan fingerprint density at radius 2 is 2.28 bits per heavy atom. The Morgan fingerprint density at radius 3 is 2.83 bits per heavy atom. The zero-order valence-corrected chi connectivity index (χ0v) is 11.6. The predicted octanol–water partition coefficient (Wildman–Crippen LogP) is 1.87. The molecule has 100 valence electrons. The topological polar surface area (TPSA) is 54.5 Å². The molecule has 0 saturated carbocycles. The first-order chi connectivity index (χ1) is 8.49. The van der Waals surface area contributed by atoms with E-state index in [0.717, 1.165) is 0 Å². The van der Waals surface area contributed by atoms with Crippen molar-refractivity contribution in [3.05, 3.63) is 23.4 Å². The highest BCUT2D eigenvalue weighted by Crippen LogP contribution is 2.12. The standard InChI is InChI=1S/C12H18ClN3O2/c1-9(2)8-18-15-12(17)7-16(3)11-5-4-10(13)6-14-11/h4-6,9H,7-8H2,1-3H3,(H,15,17). The van der Waals surface area contributed by atoms with E-state index in [0.29, 0.717) is 23.4 Å². The van der Waals surface area contributed by atoms with Crippen molar-refractivity contribution < 1.29 is 9.63 Å². The Balaban J connectivity index is 2.37. The first-order valence-corrected chi connectivity index (χ1v) is 6.10. The summed E-state index contributed by atoms with van der Waals surface area (Å²) in [5, 5.41) is 0.567. The van der Waals surface area contributed by atoms with Gasteiger partial charge in [0.2, 0.25) is 0 Å². The number of hydrogen-bond acceptors (Lipinski definition) is 4. The molecule has 0 aliphatic carbocycles. The van der Waals surface area contributed by atoms with Gasteiger partial charge in [0, 0.05) is 13.2 Å². The van der Waals surface area contributed by atoms with Gasteiger partial charge in [-0.1, -0.05) is 25.4 Å². The number of rotatable bonds is 6. The van der Waals surface area contributed by atoms with Crippen LogP contribution in [-0.4, -0.2) is 31.1 Å². The second-order valence-corrected chi connectivity index (χ2v) is 4.86. The molecule has 0 aromatic carbocycles. The maximum Gasteiger partial charge on any atom is 0.263 e. The first-order valence-electron chi connectivity index (χ1n) is 5.72. The van der Waals surface area contributed by atoms with Crippen LogP contribution in [0.3, 0.4) is 0 Å². The SMILES string of the molecule is CC(C)CONC(=O)CN(C)c1ccc(Cl)cn1. The summed E-state index contributed by atoms with van der Waals surface area (Å²) >= 11 is 5.74. The lowest BCUT2D eigenvalue weighted by atomic mass is 10.2. The van der Waals surface area contributed by atoms with Crippen LogP contribution >= 0.6 is 11.6 Å². The number of carbonyl (C=O) groups is 1. The second-order valence-electron chi connectivity index (χ2n) is 4.42. The van der Waals surface area contributed by atoms with Crippen molar-refractivity contribution >= 4 is 23.3 Å². The fourth-order valence-corrected chi connectivity index (χ4v) is 1.32. The summed E-state index contributed by atoms with van der Waals surface area (Å²) in [6.45, 7) is 4.69. The third-order valence-corrected chi connectivity index (χ3v) is 2.31. The maximum absolute atomic E-state index is 11.5. The summed E-state index contributed by atoms with van der Waals surface area (Å²) < 4.78 is 0. The quantitative estimate of drug-likeness (QED) is 0.803. The van der Waals surface area contributed by atoms with Crippen LogP contribution in [0.1, 0.15) is 13.8 Å². The molecule has 0 fully saturated rings. The summed E-state index contributed by atoms with van der Waals surface area (Å²) in [5.74, 6) is 0.842. The van der Waals surface area contributed by atoms with E-state index >= 15 is 0 Å². The van der Waals surface area contributed by atoms with Crippen LogP contribution in [0.2, 0.25) is 5.02 Å². The number of aromatic nitrogens is 1. The smallest absolute Gasteiger partial charge is 0.263 e. The van der Waals surface area contributed by atoms with Gasteiger partial charge in [-0.2, -0.15) is 0 Å². The first kappa shape index (κ1) is 14.7. The number of pyridine rings is 1. The van der Waals surface area contributed by atoms with E-state index in [9.17, 15) is 4.79 Å². The van der Waals surface area contributed by atoms with Crippen molar-refractivity contribution in [2.24, 2.45) is 5.92 Å². The average Bonchev–Trinajstić information content (AvgIpc) is 2.29. The molecule has 0 unspecified atom stereocenters. The molecule has 0 aliphatic heterocycles. The third-order valence-electron chi connectivity index (χ3n) is 2.09. The molecule has 1 rings (SSSR count). The molecule has 0 radical (unpaired) electrons. The number of carbonyl (C=O) groups excluding carboxylic acids is 1. The number of anilines is 1. The number of nitrogens with one attached hydrogen (secondary N) is 1. The van der Waals surface area contributed by atoms with Gasteiger partial charge in [0.15, 0.2) is 0 Å². The van der Waals surface area contributed by atoms with Gasteiger partial charge in [0.25, 0.3) is 5.91 Å². The van der Waals surface area contributed by atoms with Crippen molar-refractivity contribution in [2.75, 3.05) is 25.1 Å². The number of halogens is 1. The van der Waals surface area contributed by atoms with E-state index in [4.69, 9.17) is 16.4 Å². The molecule has 1 heterocycles. The molecule has 1 N–H and O–H groups in total. The van der Waals surface area contributed by atoms with Gasteiger partial charge in [0.05, 0.1) is 11.6 Å². The fraction of sp³-hybridized carbons (Fsp3) is 0.500. The zero-order chi connectivity index (χ0) is 13.5. The molecule has 0 aliphatic rings. The van der Waals surface area contributed by atoms with Gasteiger partial charge in [-0.3, -0.25) is 9.63 Å². The van der Waals surface area contributed by atoms with Crippen LogP contribution in [0, 0.1) is 5.92 Å². The molecule has 1 aromatic rings. The number of nitrogens with zero attached hydrogens (tertiary/aromatic N) is 2. The van der Waals surface area contributed by atoms with Crippen LogP contribution in [0.25, 0.3) is 0 Å². The predicted molar refractivity (Wildman–Crippen MR) is 71.4 cm³/mol. The van der Waals surface area contributed by atoms with E-state index < -0.39 is 0 Å². The molecule has 0 atom stereocenters. The highest BCUT2D eigenvalue weighted by atomic mass is 35.5. The molecule has 5 nitrogen and oxygen atoms in total. The van der Waals surface area contributed by atoms with Gasteiger partial charge in [-0.05, 0) is 18.1 Å². The Morgan fingerprint density at radius 1 is 1.56 bits per heavy atom. The van der Waals surface area contributed by atoms with Crippen LogP contribution in [0.15, 0.2) is 18.3 Å². The molecule has 6 heteroatoms. The third kappa shape index (κ3) is 5.33. The monoisotopic (exact) mass is 271 g/mol. The van der Waals surface area contributed by atoms with E-state index in [2.05, 4.69) is 10.5 Å². The minimum atomic E-state index is -0.213. The Hall–Kier alpha value is -1.33. The van der Waals surface area contributed by atoms with E-state index in [1.54, 1.807) is 30.3 Å². The van der Waals surface area contributed by atoms with Crippen molar-refractivity contribution in [3.63, 3.8) is 0 Å². The lowest BCUT2D eigenvalue weighted by Crippen LogP contribution is -2.36. The van der Waals surface area contributed by atoms with E-state index in [1.807, 2.05) is 13.8 Å². The van der Waals surface area contributed by atoms with Gasteiger partial charge >= 0.3 is 0 Å². The second kappa shape index (κ2) is 7.18. The van der Waals surface area contributed by atoms with Crippen molar-refractivity contribution in [1.29, 1.82) is 0 Å². The van der Waals surface area contributed by atoms with E-state index in [-0.39, 0.29) is 12.5 Å². The van der Waals surface area contributed by atoms with Crippen molar-refractivity contribution in [2.45, 2.75) is 13.8 Å². The maximum atomic E-state index is 11.5. The number of hydrogen-bond donors (Lipinski definition) is 1. The van der Waals surface area contributed by atoms with Crippen molar-refractivity contribution in [1.82, 2.24) is 10.5 Å². The molecular weight excluding hydrogens is 254 g/mol. The largest absolute Gasteiger partial charge is 0.350 e. The summed E-state index contributed by atoms with van der Waals surface area (Å²) in [6.07, 6.45) is 1.54. The number of amides is 1. The summed E-state index contributed by atoms with van der Waals surface area (Å²) in [7, 11) is 1.78. The Kier molecular flexibility index (Phi) is 5.88. The average molecular weight is 272 g/mol. The molecule has 0 saturated heterocycles. The lowest BCUT2D eigenvalue weighted by molar-refractivity contribution is -0.132. The van der Waals surface area contributed by atoms with Crippen LogP contribution < -0.4 is 10.4 Å². The summed E-state index contributed by atoms with van der Waals surface area (Å²) in [5.41, 5.74) is 2.39. The molecule has 0 bridgehead atoms. The minimum absolute atomic E-state index is 0.173. The zero-order valence-electron chi connectivity index (χ0n) is 10.8. The number of likely N-dealkylation sites (N-methyl/N-ethyl adjacent to an activating group) is 1. The Labute approximate surface area is 112 Å². The molecular formula is C12H18ClN3O2. The summed E-state index contributed by atoms with van der Waals surface area (Å²) in [6, 6.07) is 3.48. The minimum Gasteiger partial charge on any atom is -0.350 e. The van der Waals surface area contributed by atoms with Crippen LogP contribution in [-0.2, 0) is 9.63 Å². The highest BCUT2D eigenvalue weighted by Gasteiger charge is 2.08. The summed E-state index contributed by atoms with van der Waals surface area (Å²) in [4.78, 5) is 22.4. The van der Waals surface area contributed by atoms with Gasteiger partial charge in [-0.25, -0.2) is 10.5 Å². The number of hydroxylamine groups is 1. The van der Waals surface area contributed by atoms with Crippen LogP contribution in [0.5, 0.6) is 0 Å². The molecule has 18 heavy (non-hydrogen) atoms. The Bertz CT molecular complexity index is 381. The normalized spacial score (nSPS) is 10.5. The lowest BCUT2D eigenvalue weighted by Gasteiger charge is -2.17. The molecule has 1 amide bonds. The highest BCUT2D eigenvalue weighted by molar-refractivity contribution is 6.30. The van der Waals surface area contributed by atoms with Gasteiger partial charge < -0.3 is 4.90 Å². The van der Waals surface area contributed by atoms with Crippen molar-refractivity contribution in [3.8, 4) is 0 Å². The molecule has 1 aromatic heterocycles. The van der Waals surface area contributed by atoms with Gasteiger partial charge in [-0.15, -0.1) is 0 Å².